The van der Waals surface area contributed by atoms with Crippen LogP contribution in [0.5, 0.6) is 0 Å². The van der Waals surface area contributed by atoms with E-state index >= 15 is 0 Å². The van der Waals surface area contributed by atoms with Crippen molar-refractivity contribution in [1.82, 2.24) is 0 Å². The Morgan fingerprint density at radius 1 is 0.657 bits per heavy atom. The van der Waals surface area contributed by atoms with E-state index in [0.29, 0.717) is 0 Å². The van der Waals surface area contributed by atoms with Gasteiger partial charge < -0.3 is 0 Å². The summed E-state index contributed by atoms with van der Waals surface area (Å²) in [5.41, 5.74) is 7.34. The van der Waals surface area contributed by atoms with Gasteiger partial charge in [-0.1, -0.05) is 0 Å². The molecule has 2 aliphatic carbocycles. The SMILES string of the molecule is CC1=[C]([Zr](=[SiH2])([c]2ccccc2)([c]2ccccc2)[c]2cccc3c2Cc2ccccc2-3)CC=C1.Cl.Cl. The van der Waals surface area contributed by atoms with Crippen LogP contribution in [-0.2, 0) is 23.8 Å². The molecule has 0 nitrogen and oxygen atoms in total. The Labute approximate surface area is 223 Å². The first-order chi connectivity index (χ1) is 16.1. The zero-order valence-corrected chi connectivity index (χ0v) is 25.4. The second-order valence-electron chi connectivity index (χ2n) is 9.62. The zero-order chi connectivity index (χ0) is 22.5. The molecule has 0 aromatic heterocycles. The quantitative estimate of drug-likeness (QED) is 0.230. The Morgan fingerprint density at radius 3 is 1.83 bits per heavy atom. The molecule has 0 saturated heterocycles. The second kappa shape index (κ2) is 9.83. The van der Waals surface area contributed by atoms with E-state index < -0.39 is 17.4 Å². The summed E-state index contributed by atoms with van der Waals surface area (Å²) >= 11 is -4.22. The monoisotopic (exact) mass is 590 g/mol. The number of hydrogen-bond acceptors (Lipinski definition) is 0. The minimum Gasteiger partial charge on any atom is -0.147 e. The molecule has 0 spiro atoms. The molecule has 4 aromatic rings. The summed E-state index contributed by atoms with van der Waals surface area (Å²) in [7, 11) is 0. The Morgan fingerprint density at radius 2 is 1.23 bits per heavy atom. The van der Waals surface area contributed by atoms with Crippen LogP contribution >= 0.6 is 24.8 Å². The summed E-state index contributed by atoms with van der Waals surface area (Å²) in [4.78, 5) is 0. The molecule has 176 valence electrons. The Balaban J connectivity index is 0.00000144. The van der Waals surface area contributed by atoms with Crippen LogP contribution in [0.3, 0.4) is 0 Å². The number of hydrogen-bond donors (Lipinski definition) is 0. The minimum atomic E-state index is -4.22. The predicted molar refractivity (Wildman–Crippen MR) is 156 cm³/mol. The Hall–Kier alpha value is -1.96. The summed E-state index contributed by atoms with van der Waals surface area (Å²) in [5.74, 6) is 0. The van der Waals surface area contributed by atoms with Crippen LogP contribution in [0.2, 0.25) is 0 Å². The maximum absolute atomic E-state index is 4.22. The molecule has 0 saturated carbocycles. The van der Waals surface area contributed by atoms with E-state index in [0.717, 1.165) is 12.8 Å². The zero-order valence-electron chi connectivity index (χ0n) is 19.9. The van der Waals surface area contributed by atoms with Crippen molar-refractivity contribution in [1.29, 1.82) is 0 Å². The van der Waals surface area contributed by atoms with Crippen molar-refractivity contribution < 1.29 is 17.4 Å². The van der Waals surface area contributed by atoms with Gasteiger partial charge in [-0.2, -0.15) is 0 Å². The summed E-state index contributed by atoms with van der Waals surface area (Å²) in [5, 5.41) is 0. The van der Waals surface area contributed by atoms with E-state index in [1.54, 1.807) is 18.7 Å². The second-order valence-corrected chi connectivity index (χ2v) is 30.8. The molecule has 0 amide bonds. The molecule has 35 heavy (non-hydrogen) atoms. The minimum absolute atomic E-state index is 0. The third-order valence-electron chi connectivity index (χ3n) is 8.10. The van der Waals surface area contributed by atoms with Crippen LogP contribution in [0.25, 0.3) is 11.1 Å². The molecule has 0 aliphatic heterocycles. The number of benzene rings is 4. The number of halogens is 2. The van der Waals surface area contributed by atoms with Gasteiger partial charge in [0.05, 0.1) is 0 Å². The average molecular weight is 593 g/mol. The van der Waals surface area contributed by atoms with Crippen molar-refractivity contribution in [3.05, 3.63) is 135 Å². The molecule has 4 heteroatoms. The first-order valence-electron chi connectivity index (χ1n) is 11.8. The van der Waals surface area contributed by atoms with Crippen LogP contribution in [0.4, 0.5) is 0 Å². The van der Waals surface area contributed by atoms with E-state index in [1.807, 2.05) is 0 Å². The van der Waals surface area contributed by atoms with Gasteiger partial charge in [-0.15, -0.1) is 24.8 Å². The van der Waals surface area contributed by atoms with Crippen molar-refractivity contribution in [2.75, 3.05) is 0 Å². The molecule has 4 aromatic carbocycles. The fraction of sp³-hybridized carbons (Fsp3) is 0.0968. The van der Waals surface area contributed by atoms with Gasteiger partial charge in [0, 0.05) is 0 Å². The molecular formula is C31H30Cl2SiZr. The van der Waals surface area contributed by atoms with Gasteiger partial charge in [0.1, 0.15) is 0 Å². The van der Waals surface area contributed by atoms with Crippen molar-refractivity contribution in [2.45, 2.75) is 19.8 Å². The fourth-order valence-corrected chi connectivity index (χ4v) is 30.3. The first-order valence-corrected chi connectivity index (χ1v) is 22.7. The summed E-state index contributed by atoms with van der Waals surface area (Å²) in [6.45, 7) is 4.72. The molecular weight excluding hydrogens is 563 g/mol. The third-order valence-corrected chi connectivity index (χ3v) is 34.4. The predicted octanol–water partition coefficient (Wildman–Crippen LogP) is 5.85. The standard InChI is InChI=1S/C13H9.C6H7.2C6H5.2ClH.H2Si.Zr/c1-3-7-12-10(5-1)9-11-6-2-4-8-13(11)12;1-6-4-2-3-5-6;2*1-2-4-6-5-3-1;;;;/h1-5,7-8H,9H2;2,4H,3H2,1H3;2*1-5H;2*1H;1H2;. The number of fused-ring (bicyclic) bond motifs is 3. The van der Waals surface area contributed by atoms with Crippen molar-refractivity contribution in [2.24, 2.45) is 0 Å². The molecule has 0 heterocycles. The van der Waals surface area contributed by atoms with Gasteiger partial charge in [0.25, 0.3) is 0 Å². The Bertz CT molecular complexity index is 1470. The number of allylic oxidation sites excluding steroid dienone is 4. The summed E-state index contributed by atoms with van der Waals surface area (Å²) in [6, 6.07) is 39.1. The van der Waals surface area contributed by atoms with Gasteiger partial charge in [0.15, 0.2) is 0 Å². The van der Waals surface area contributed by atoms with E-state index in [2.05, 4.69) is 129 Å². The normalized spacial score (nSPS) is 14.1. The molecule has 0 bridgehead atoms. The van der Waals surface area contributed by atoms with Crippen LogP contribution in [0, 0.1) is 0 Å². The van der Waals surface area contributed by atoms with Gasteiger partial charge >= 0.3 is 200 Å². The van der Waals surface area contributed by atoms with Crippen molar-refractivity contribution in [3.8, 4) is 11.1 Å². The van der Waals surface area contributed by atoms with Crippen molar-refractivity contribution in [3.63, 3.8) is 0 Å². The van der Waals surface area contributed by atoms with Crippen LogP contribution in [0.15, 0.2) is 124 Å². The Kier molecular flexibility index (Phi) is 7.33. The molecule has 0 atom stereocenters. The van der Waals surface area contributed by atoms with E-state index in [4.69, 9.17) is 0 Å². The molecule has 2 aliphatic rings. The van der Waals surface area contributed by atoms with Gasteiger partial charge in [-0.3, -0.25) is 0 Å². The fourth-order valence-electron chi connectivity index (χ4n) is 6.55. The van der Waals surface area contributed by atoms with E-state index in [1.165, 1.54) is 22.3 Å². The average Bonchev–Trinajstić information content (AvgIpc) is 3.48. The van der Waals surface area contributed by atoms with E-state index in [-0.39, 0.29) is 24.8 Å². The third kappa shape index (κ3) is 3.65. The summed E-state index contributed by atoms with van der Waals surface area (Å²) in [6.07, 6.45) is 6.83. The van der Waals surface area contributed by atoms with Gasteiger partial charge in [-0.05, 0) is 0 Å². The maximum atomic E-state index is 2.49. The van der Waals surface area contributed by atoms with Gasteiger partial charge in [0.2, 0.25) is 0 Å². The summed E-state index contributed by atoms with van der Waals surface area (Å²) < 4.78 is 6.41. The maximum Gasteiger partial charge on any atom is -0.147 e. The van der Waals surface area contributed by atoms with Crippen LogP contribution < -0.4 is 9.81 Å². The first kappa shape index (κ1) is 26.1. The van der Waals surface area contributed by atoms with Crippen LogP contribution in [0.1, 0.15) is 24.5 Å². The smallest absolute Gasteiger partial charge is 0.147 e. The molecule has 0 unspecified atom stereocenters. The molecule has 0 radical (unpaired) electrons. The largest absolute Gasteiger partial charge is 0.147 e. The van der Waals surface area contributed by atoms with Crippen LogP contribution in [-0.4, -0.2) is 6.88 Å². The number of rotatable bonds is 4. The molecule has 6 rings (SSSR count). The molecule has 0 N–H and O–H groups in total. The van der Waals surface area contributed by atoms with E-state index in [9.17, 15) is 0 Å². The topological polar surface area (TPSA) is 0 Å². The molecule has 0 fully saturated rings. The van der Waals surface area contributed by atoms with Gasteiger partial charge in [-0.25, -0.2) is 0 Å². The van der Waals surface area contributed by atoms with Crippen molar-refractivity contribution >= 4 is 41.5 Å².